The first-order chi connectivity index (χ1) is 7.34. The summed E-state index contributed by atoms with van der Waals surface area (Å²) in [5.74, 6) is 2.64. The molecule has 0 unspecified atom stereocenters. The van der Waals surface area contributed by atoms with Crippen LogP contribution in [0.5, 0.6) is 0 Å². The standard InChI is InChI=1S/C11H22N2OS/c1-2-15-10-7-12-6-5-11(14)13-8-3-4-9-13/h12H,2-10H2,1H3. The zero-order valence-electron chi connectivity index (χ0n) is 9.63. The molecule has 0 aromatic carbocycles. The molecule has 0 aliphatic carbocycles. The van der Waals surface area contributed by atoms with Crippen LogP contribution in [0.15, 0.2) is 0 Å². The van der Waals surface area contributed by atoms with Crippen LogP contribution < -0.4 is 5.32 Å². The third kappa shape index (κ3) is 5.42. The summed E-state index contributed by atoms with van der Waals surface area (Å²) < 4.78 is 0. The van der Waals surface area contributed by atoms with Crippen LogP contribution in [0, 0.1) is 0 Å². The molecule has 1 heterocycles. The first-order valence-corrected chi connectivity index (χ1v) is 7.06. The van der Waals surface area contributed by atoms with Crippen LogP contribution in [0.4, 0.5) is 0 Å². The number of likely N-dealkylation sites (tertiary alicyclic amines) is 1. The Labute approximate surface area is 97.0 Å². The zero-order valence-corrected chi connectivity index (χ0v) is 10.4. The Balaban J connectivity index is 1.92. The Kier molecular flexibility index (Phi) is 6.85. The molecule has 0 bridgehead atoms. The summed E-state index contributed by atoms with van der Waals surface area (Å²) in [6.07, 6.45) is 3.04. The van der Waals surface area contributed by atoms with Gasteiger partial charge in [-0.15, -0.1) is 0 Å². The predicted octanol–water partition coefficient (Wildman–Crippen LogP) is 1.34. The highest BCUT2D eigenvalue weighted by Gasteiger charge is 2.16. The number of carbonyl (C=O) groups is 1. The molecule has 1 amide bonds. The Morgan fingerprint density at radius 2 is 2.07 bits per heavy atom. The highest BCUT2D eigenvalue weighted by molar-refractivity contribution is 7.99. The van der Waals surface area contributed by atoms with E-state index in [1.54, 1.807) is 0 Å². The number of thioether (sulfide) groups is 1. The quantitative estimate of drug-likeness (QED) is 0.670. The molecular weight excluding hydrogens is 208 g/mol. The van der Waals surface area contributed by atoms with Gasteiger partial charge in [-0.3, -0.25) is 4.79 Å². The molecule has 1 saturated heterocycles. The van der Waals surface area contributed by atoms with E-state index >= 15 is 0 Å². The lowest BCUT2D eigenvalue weighted by Crippen LogP contribution is -2.31. The molecule has 3 nitrogen and oxygen atoms in total. The van der Waals surface area contributed by atoms with E-state index in [1.807, 2.05) is 16.7 Å². The first kappa shape index (κ1) is 12.8. The van der Waals surface area contributed by atoms with Gasteiger partial charge in [0.1, 0.15) is 0 Å². The predicted molar refractivity (Wildman–Crippen MR) is 66.3 cm³/mol. The number of hydrogen-bond donors (Lipinski definition) is 1. The van der Waals surface area contributed by atoms with Crippen molar-refractivity contribution in [2.75, 3.05) is 37.7 Å². The van der Waals surface area contributed by atoms with Crippen molar-refractivity contribution in [1.29, 1.82) is 0 Å². The van der Waals surface area contributed by atoms with Gasteiger partial charge in [0.15, 0.2) is 0 Å². The number of rotatable bonds is 7. The minimum Gasteiger partial charge on any atom is -0.343 e. The van der Waals surface area contributed by atoms with Gasteiger partial charge in [-0.25, -0.2) is 0 Å². The summed E-state index contributed by atoms with van der Waals surface area (Å²) in [4.78, 5) is 13.6. The normalized spacial score (nSPS) is 15.9. The summed E-state index contributed by atoms with van der Waals surface area (Å²) in [6.45, 7) is 5.97. The van der Waals surface area contributed by atoms with E-state index in [-0.39, 0.29) is 0 Å². The maximum absolute atomic E-state index is 11.6. The summed E-state index contributed by atoms with van der Waals surface area (Å²) in [5, 5.41) is 3.31. The largest absolute Gasteiger partial charge is 0.343 e. The molecule has 1 rings (SSSR count). The first-order valence-electron chi connectivity index (χ1n) is 5.91. The smallest absolute Gasteiger partial charge is 0.223 e. The number of nitrogens with zero attached hydrogens (tertiary/aromatic N) is 1. The highest BCUT2D eigenvalue weighted by atomic mass is 32.2. The SMILES string of the molecule is CCSCCNCCC(=O)N1CCCC1. The molecule has 0 aromatic rings. The van der Waals surface area contributed by atoms with Crippen molar-refractivity contribution in [3.05, 3.63) is 0 Å². The van der Waals surface area contributed by atoms with Gasteiger partial charge in [-0.2, -0.15) is 11.8 Å². The Bertz CT molecular complexity index is 181. The average molecular weight is 230 g/mol. The molecule has 1 aliphatic heterocycles. The van der Waals surface area contributed by atoms with Gasteiger partial charge in [0, 0.05) is 38.4 Å². The molecule has 88 valence electrons. The topological polar surface area (TPSA) is 32.3 Å². The Morgan fingerprint density at radius 3 is 2.73 bits per heavy atom. The third-order valence-corrected chi connectivity index (χ3v) is 3.50. The minimum absolute atomic E-state index is 0.322. The van der Waals surface area contributed by atoms with E-state index in [0.29, 0.717) is 12.3 Å². The lowest BCUT2D eigenvalue weighted by molar-refractivity contribution is -0.130. The molecule has 1 N–H and O–H groups in total. The molecule has 0 saturated carbocycles. The summed E-state index contributed by atoms with van der Waals surface area (Å²) >= 11 is 1.93. The van der Waals surface area contributed by atoms with Crippen molar-refractivity contribution >= 4 is 17.7 Å². The second-order valence-electron chi connectivity index (χ2n) is 3.78. The van der Waals surface area contributed by atoms with Crippen molar-refractivity contribution in [2.45, 2.75) is 26.2 Å². The van der Waals surface area contributed by atoms with Gasteiger partial charge in [0.05, 0.1) is 0 Å². The fourth-order valence-corrected chi connectivity index (χ4v) is 2.31. The van der Waals surface area contributed by atoms with Crippen molar-refractivity contribution in [1.82, 2.24) is 10.2 Å². The van der Waals surface area contributed by atoms with Crippen LogP contribution in [0.2, 0.25) is 0 Å². The Morgan fingerprint density at radius 1 is 1.33 bits per heavy atom. The fraction of sp³-hybridized carbons (Fsp3) is 0.909. The lowest BCUT2D eigenvalue weighted by atomic mass is 10.3. The van der Waals surface area contributed by atoms with Crippen LogP contribution >= 0.6 is 11.8 Å². The average Bonchev–Trinajstić information content (AvgIpc) is 2.76. The summed E-state index contributed by atoms with van der Waals surface area (Å²) in [6, 6.07) is 0. The number of hydrogen-bond acceptors (Lipinski definition) is 3. The van der Waals surface area contributed by atoms with Crippen LogP contribution in [-0.4, -0.2) is 48.5 Å². The molecule has 0 radical (unpaired) electrons. The molecule has 0 aromatic heterocycles. The molecule has 15 heavy (non-hydrogen) atoms. The van der Waals surface area contributed by atoms with E-state index < -0.39 is 0 Å². The number of carbonyl (C=O) groups excluding carboxylic acids is 1. The highest BCUT2D eigenvalue weighted by Crippen LogP contribution is 2.08. The molecular formula is C11H22N2OS. The number of nitrogens with one attached hydrogen (secondary N) is 1. The maximum atomic E-state index is 11.6. The Hall–Kier alpha value is -0.220. The summed E-state index contributed by atoms with van der Waals surface area (Å²) in [5.41, 5.74) is 0. The monoisotopic (exact) mass is 230 g/mol. The second-order valence-corrected chi connectivity index (χ2v) is 5.18. The van der Waals surface area contributed by atoms with Crippen LogP contribution in [-0.2, 0) is 4.79 Å². The van der Waals surface area contributed by atoms with E-state index in [1.165, 1.54) is 18.6 Å². The van der Waals surface area contributed by atoms with Crippen LogP contribution in [0.25, 0.3) is 0 Å². The number of amides is 1. The molecule has 0 atom stereocenters. The fourth-order valence-electron chi connectivity index (χ4n) is 1.73. The molecule has 1 fully saturated rings. The van der Waals surface area contributed by atoms with Gasteiger partial charge < -0.3 is 10.2 Å². The van der Waals surface area contributed by atoms with Crippen LogP contribution in [0.1, 0.15) is 26.2 Å². The zero-order chi connectivity index (χ0) is 10.9. The van der Waals surface area contributed by atoms with E-state index in [2.05, 4.69) is 12.2 Å². The van der Waals surface area contributed by atoms with E-state index in [9.17, 15) is 4.79 Å². The van der Waals surface area contributed by atoms with Gasteiger partial charge >= 0.3 is 0 Å². The van der Waals surface area contributed by atoms with Crippen molar-refractivity contribution in [3.63, 3.8) is 0 Å². The minimum atomic E-state index is 0.322. The summed E-state index contributed by atoms with van der Waals surface area (Å²) in [7, 11) is 0. The molecule has 1 aliphatic rings. The van der Waals surface area contributed by atoms with Crippen LogP contribution in [0.3, 0.4) is 0 Å². The van der Waals surface area contributed by atoms with Crippen molar-refractivity contribution in [3.8, 4) is 0 Å². The van der Waals surface area contributed by atoms with Gasteiger partial charge in [0.2, 0.25) is 5.91 Å². The maximum Gasteiger partial charge on any atom is 0.223 e. The third-order valence-electron chi connectivity index (χ3n) is 2.60. The van der Waals surface area contributed by atoms with Gasteiger partial charge in [-0.05, 0) is 18.6 Å². The van der Waals surface area contributed by atoms with Gasteiger partial charge in [-0.1, -0.05) is 6.92 Å². The van der Waals surface area contributed by atoms with Crippen molar-refractivity contribution < 1.29 is 4.79 Å². The van der Waals surface area contributed by atoms with E-state index in [4.69, 9.17) is 0 Å². The molecule has 4 heteroatoms. The molecule has 0 spiro atoms. The second kappa shape index (κ2) is 7.99. The van der Waals surface area contributed by atoms with E-state index in [0.717, 1.165) is 31.9 Å². The van der Waals surface area contributed by atoms with Gasteiger partial charge in [0.25, 0.3) is 0 Å². The lowest BCUT2D eigenvalue weighted by Gasteiger charge is -2.15. The van der Waals surface area contributed by atoms with Crippen molar-refractivity contribution in [2.24, 2.45) is 0 Å².